The number of hydrogen-bond acceptors (Lipinski definition) is 4. The van der Waals surface area contributed by atoms with Crippen molar-refractivity contribution in [3.63, 3.8) is 0 Å². The Labute approximate surface area is 166 Å². The lowest BCUT2D eigenvalue weighted by atomic mass is 9.72. The fourth-order valence-corrected chi connectivity index (χ4v) is 5.62. The quantitative estimate of drug-likeness (QED) is 0.839. The Morgan fingerprint density at radius 1 is 0.929 bits per heavy atom. The van der Waals surface area contributed by atoms with Gasteiger partial charge in [0.15, 0.2) is 0 Å². The largest absolute Gasteiger partial charge is 0.390 e. The first-order chi connectivity index (χ1) is 13.7. The Hall–Kier alpha value is -1.95. The highest BCUT2D eigenvalue weighted by Crippen LogP contribution is 2.52. The topological polar surface area (TPSA) is 38.7 Å². The van der Waals surface area contributed by atoms with Gasteiger partial charge in [-0.2, -0.15) is 0 Å². The molecule has 2 heterocycles. The highest BCUT2D eigenvalue weighted by atomic mass is 19.1. The standard InChI is InChI=1S/C23H28FN3O/c24-19-7-3-4-8-20(19)26-13-15-27(16-14-26)21-17-5-1-2-6-18(17)23(22(21)28)9-11-25-12-10-23/h1-8,21-22,25,28H,9-16H2/t21-,22+/m1/s1. The van der Waals surface area contributed by atoms with Crippen LogP contribution in [0, 0.1) is 5.82 Å². The van der Waals surface area contributed by atoms with Crippen molar-refractivity contribution in [3.8, 4) is 0 Å². The summed E-state index contributed by atoms with van der Waals surface area (Å²) in [6.45, 7) is 5.14. The Kier molecular flexibility index (Phi) is 4.62. The van der Waals surface area contributed by atoms with E-state index in [0.29, 0.717) is 5.69 Å². The Morgan fingerprint density at radius 2 is 1.61 bits per heavy atom. The second-order valence-corrected chi connectivity index (χ2v) is 8.36. The fraction of sp³-hybridized carbons (Fsp3) is 0.478. The third-order valence-corrected chi connectivity index (χ3v) is 7.08. The lowest BCUT2D eigenvalue weighted by molar-refractivity contribution is -0.00362. The molecule has 148 valence electrons. The van der Waals surface area contributed by atoms with Gasteiger partial charge < -0.3 is 15.3 Å². The molecule has 2 aromatic carbocycles. The molecule has 2 saturated heterocycles. The normalized spacial score (nSPS) is 27.1. The number of benzene rings is 2. The Bertz CT molecular complexity index is 843. The third kappa shape index (κ3) is 2.76. The molecule has 1 aliphatic carbocycles. The van der Waals surface area contributed by atoms with Gasteiger partial charge in [0.2, 0.25) is 0 Å². The molecule has 2 N–H and O–H groups in total. The number of piperidine rings is 1. The molecule has 5 rings (SSSR count). The summed E-state index contributed by atoms with van der Waals surface area (Å²) in [5.74, 6) is -0.157. The predicted octanol–water partition coefficient (Wildman–Crippen LogP) is 2.68. The monoisotopic (exact) mass is 381 g/mol. The van der Waals surface area contributed by atoms with Crippen LogP contribution < -0.4 is 10.2 Å². The van der Waals surface area contributed by atoms with Crippen molar-refractivity contribution < 1.29 is 9.50 Å². The number of nitrogens with zero attached hydrogens (tertiary/aromatic N) is 2. The van der Waals surface area contributed by atoms with Gasteiger partial charge in [-0.25, -0.2) is 4.39 Å². The number of nitrogens with one attached hydrogen (secondary N) is 1. The summed E-state index contributed by atoms with van der Waals surface area (Å²) in [6, 6.07) is 15.7. The summed E-state index contributed by atoms with van der Waals surface area (Å²) in [5.41, 5.74) is 3.18. The second kappa shape index (κ2) is 7.14. The first-order valence-corrected chi connectivity index (χ1v) is 10.4. The van der Waals surface area contributed by atoms with Crippen LogP contribution >= 0.6 is 0 Å². The molecule has 2 atom stereocenters. The van der Waals surface area contributed by atoms with E-state index in [9.17, 15) is 9.50 Å². The zero-order valence-corrected chi connectivity index (χ0v) is 16.1. The predicted molar refractivity (Wildman–Crippen MR) is 109 cm³/mol. The Morgan fingerprint density at radius 3 is 2.36 bits per heavy atom. The van der Waals surface area contributed by atoms with Gasteiger partial charge in [-0.15, -0.1) is 0 Å². The van der Waals surface area contributed by atoms with Gasteiger partial charge in [0.1, 0.15) is 5.82 Å². The van der Waals surface area contributed by atoms with Crippen molar-refractivity contribution in [2.24, 2.45) is 0 Å². The lowest BCUT2D eigenvalue weighted by Crippen LogP contribution is -2.53. The van der Waals surface area contributed by atoms with Gasteiger partial charge >= 0.3 is 0 Å². The van der Waals surface area contributed by atoms with Crippen LogP contribution in [0.1, 0.15) is 30.0 Å². The average Bonchev–Trinajstić information content (AvgIpc) is 2.98. The smallest absolute Gasteiger partial charge is 0.146 e. The molecular weight excluding hydrogens is 353 g/mol. The van der Waals surface area contributed by atoms with Gasteiger partial charge in [-0.05, 0) is 49.2 Å². The fourth-order valence-electron chi connectivity index (χ4n) is 5.62. The minimum absolute atomic E-state index is 0.0390. The molecule has 2 aliphatic heterocycles. The van der Waals surface area contributed by atoms with Crippen LogP contribution in [-0.2, 0) is 5.41 Å². The molecule has 0 saturated carbocycles. The van der Waals surface area contributed by atoms with Crippen molar-refractivity contribution in [2.45, 2.75) is 30.4 Å². The molecular formula is C23H28FN3O. The molecule has 3 aliphatic rings. The first kappa shape index (κ1) is 18.1. The number of rotatable bonds is 2. The number of piperazine rings is 1. The minimum atomic E-state index is -0.382. The van der Waals surface area contributed by atoms with Crippen molar-refractivity contribution >= 4 is 5.69 Å². The van der Waals surface area contributed by atoms with Crippen LogP contribution in [0.3, 0.4) is 0 Å². The van der Waals surface area contributed by atoms with Crippen molar-refractivity contribution in [2.75, 3.05) is 44.2 Å². The minimum Gasteiger partial charge on any atom is -0.390 e. The summed E-state index contributed by atoms with van der Waals surface area (Å²) in [6.07, 6.45) is 1.58. The number of aliphatic hydroxyl groups is 1. The second-order valence-electron chi connectivity index (χ2n) is 8.36. The van der Waals surface area contributed by atoms with E-state index in [1.165, 1.54) is 17.2 Å². The molecule has 0 aromatic heterocycles. The molecule has 0 amide bonds. The van der Waals surface area contributed by atoms with E-state index in [1.807, 2.05) is 12.1 Å². The molecule has 1 spiro atoms. The zero-order chi connectivity index (χ0) is 19.1. The van der Waals surface area contributed by atoms with Gasteiger partial charge in [0, 0.05) is 31.6 Å². The summed E-state index contributed by atoms with van der Waals surface area (Å²) >= 11 is 0. The number of hydrogen-bond donors (Lipinski definition) is 2. The van der Waals surface area contributed by atoms with Crippen molar-refractivity contribution in [1.82, 2.24) is 10.2 Å². The van der Waals surface area contributed by atoms with Crippen LogP contribution in [0.5, 0.6) is 0 Å². The number of anilines is 1. The lowest BCUT2D eigenvalue weighted by Gasteiger charge is -2.43. The molecule has 4 nitrogen and oxygen atoms in total. The van der Waals surface area contributed by atoms with Gasteiger partial charge in [-0.1, -0.05) is 36.4 Å². The molecule has 2 aromatic rings. The SMILES string of the molecule is O[C@H]1[C@H](N2CCN(c3ccccc3F)CC2)c2ccccc2C12CCNCC2. The van der Waals surface area contributed by atoms with E-state index in [4.69, 9.17) is 0 Å². The number of aliphatic hydroxyl groups excluding tert-OH is 1. The van der Waals surface area contributed by atoms with E-state index in [0.717, 1.165) is 52.1 Å². The molecule has 0 unspecified atom stereocenters. The first-order valence-electron chi connectivity index (χ1n) is 10.4. The maximum Gasteiger partial charge on any atom is 0.146 e. The van der Waals surface area contributed by atoms with Crippen LogP contribution in [0.4, 0.5) is 10.1 Å². The van der Waals surface area contributed by atoms with Gasteiger partial charge in [0.05, 0.1) is 17.8 Å². The van der Waals surface area contributed by atoms with Crippen LogP contribution in [0.25, 0.3) is 0 Å². The van der Waals surface area contributed by atoms with Crippen molar-refractivity contribution in [1.29, 1.82) is 0 Å². The molecule has 0 radical (unpaired) electrons. The van der Waals surface area contributed by atoms with Gasteiger partial charge in [-0.3, -0.25) is 4.90 Å². The van der Waals surface area contributed by atoms with Crippen LogP contribution in [-0.4, -0.2) is 55.4 Å². The van der Waals surface area contributed by atoms with Crippen LogP contribution in [0.2, 0.25) is 0 Å². The summed E-state index contributed by atoms with van der Waals surface area (Å²) in [7, 11) is 0. The third-order valence-electron chi connectivity index (χ3n) is 7.08. The molecule has 2 fully saturated rings. The molecule has 28 heavy (non-hydrogen) atoms. The maximum absolute atomic E-state index is 14.2. The van der Waals surface area contributed by atoms with Gasteiger partial charge in [0.25, 0.3) is 0 Å². The highest BCUT2D eigenvalue weighted by molar-refractivity contribution is 5.49. The van der Waals surface area contributed by atoms with E-state index < -0.39 is 0 Å². The van der Waals surface area contributed by atoms with E-state index in [1.54, 1.807) is 6.07 Å². The summed E-state index contributed by atoms with van der Waals surface area (Å²) in [4.78, 5) is 4.54. The molecule has 0 bridgehead atoms. The number of para-hydroxylation sites is 1. The van der Waals surface area contributed by atoms with Crippen LogP contribution in [0.15, 0.2) is 48.5 Å². The Balaban J connectivity index is 1.39. The summed E-state index contributed by atoms with van der Waals surface area (Å²) < 4.78 is 14.2. The number of fused-ring (bicyclic) bond motifs is 2. The summed E-state index contributed by atoms with van der Waals surface area (Å²) in [5, 5.41) is 15.0. The van der Waals surface area contributed by atoms with E-state index in [2.05, 4.69) is 39.4 Å². The average molecular weight is 381 g/mol. The highest BCUT2D eigenvalue weighted by Gasteiger charge is 2.53. The van der Waals surface area contributed by atoms with Crippen molar-refractivity contribution in [3.05, 3.63) is 65.5 Å². The van der Waals surface area contributed by atoms with E-state index in [-0.39, 0.29) is 23.4 Å². The molecule has 5 heteroatoms. The maximum atomic E-state index is 14.2. The number of halogens is 1. The zero-order valence-electron chi connectivity index (χ0n) is 16.1. The van der Waals surface area contributed by atoms with E-state index >= 15 is 0 Å².